The van der Waals surface area contributed by atoms with Gasteiger partial charge in [0.15, 0.2) is 0 Å². The van der Waals surface area contributed by atoms with E-state index in [0.29, 0.717) is 17.3 Å². The Balaban J connectivity index is 2.96. The highest BCUT2D eigenvalue weighted by Gasteiger charge is 2.14. The monoisotopic (exact) mass is 269 g/mol. The number of nitrogens with two attached hydrogens (primary N) is 1. The minimum atomic E-state index is 0.0443. The Bertz CT molecular complexity index is 421. The van der Waals surface area contributed by atoms with Crippen molar-refractivity contribution in [3.63, 3.8) is 0 Å². The molecule has 1 amide bonds. The second kappa shape index (κ2) is 6.50. The molecule has 0 aliphatic rings. The summed E-state index contributed by atoms with van der Waals surface area (Å²) in [6.45, 7) is 3.14. The Hall–Kier alpha value is -1.42. The van der Waals surface area contributed by atoms with Crippen molar-refractivity contribution >= 4 is 28.9 Å². The van der Waals surface area contributed by atoms with Crippen molar-refractivity contribution in [2.45, 2.75) is 13.3 Å². The number of amides is 1. The van der Waals surface area contributed by atoms with Crippen LogP contribution in [0.4, 0.5) is 11.4 Å². The lowest BCUT2D eigenvalue weighted by atomic mass is 10.2. The molecule has 0 heterocycles. The Labute approximate surface area is 113 Å². The summed E-state index contributed by atoms with van der Waals surface area (Å²) in [5.41, 5.74) is 7.40. The van der Waals surface area contributed by atoms with Gasteiger partial charge in [0, 0.05) is 25.7 Å². The molecule has 0 aliphatic heterocycles. The molecule has 0 bridgehead atoms. The summed E-state index contributed by atoms with van der Waals surface area (Å²) in [5.74, 6) is 0.0443. The van der Waals surface area contributed by atoms with E-state index < -0.39 is 0 Å². The normalized spacial score (nSPS) is 10.2. The molecule has 0 aromatic heterocycles. The van der Waals surface area contributed by atoms with Gasteiger partial charge < -0.3 is 15.5 Å². The molecule has 0 spiro atoms. The van der Waals surface area contributed by atoms with Crippen molar-refractivity contribution in [1.82, 2.24) is 4.90 Å². The predicted molar refractivity (Wildman–Crippen MR) is 77.1 cm³/mol. The summed E-state index contributed by atoms with van der Waals surface area (Å²) in [4.78, 5) is 15.3. The molecule has 4 nitrogen and oxygen atoms in total. The minimum absolute atomic E-state index is 0.0443. The summed E-state index contributed by atoms with van der Waals surface area (Å²) in [6.07, 6.45) is 0.937. The number of hydrogen-bond acceptors (Lipinski definition) is 3. The number of benzene rings is 1. The van der Waals surface area contributed by atoms with Crippen LogP contribution in [0.15, 0.2) is 18.2 Å². The summed E-state index contributed by atoms with van der Waals surface area (Å²) in [7, 11) is 3.49. The maximum absolute atomic E-state index is 11.8. The first kappa shape index (κ1) is 14.6. The van der Waals surface area contributed by atoms with E-state index in [0.717, 1.165) is 18.7 Å². The Morgan fingerprint density at radius 1 is 1.39 bits per heavy atom. The van der Waals surface area contributed by atoms with Gasteiger partial charge in [-0.1, -0.05) is 18.5 Å². The van der Waals surface area contributed by atoms with Gasteiger partial charge in [0.05, 0.1) is 17.9 Å². The van der Waals surface area contributed by atoms with Crippen LogP contribution in [0.5, 0.6) is 0 Å². The Morgan fingerprint density at radius 2 is 2.06 bits per heavy atom. The van der Waals surface area contributed by atoms with Crippen molar-refractivity contribution in [2.75, 3.05) is 37.8 Å². The molecule has 0 radical (unpaired) electrons. The molecule has 0 fully saturated rings. The van der Waals surface area contributed by atoms with Gasteiger partial charge in [-0.2, -0.15) is 0 Å². The number of carbonyl (C=O) groups is 1. The van der Waals surface area contributed by atoms with Gasteiger partial charge in [-0.05, 0) is 24.6 Å². The van der Waals surface area contributed by atoms with Crippen LogP contribution in [0.1, 0.15) is 13.3 Å². The van der Waals surface area contributed by atoms with E-state index in [-0.39, 0.29) is 5.91 Å². The maximum Gasteiger partial charge on any atom is 0.241 e. The maximum atomic E-state index is 11.8. The van der Waals surface area contributed by atoms with Crippen LogP contribution in [-0.2, 0) is 4.79 Å². The number of halogens is 1. The zero-order valence-corrected chi connectivity index (χ0v) is 11.9. The lowest BCUT2D eigenvalue weighted by Crippen LogP contribution is -2.37. The molecule has 1 aromatic rings. The molecule has 1 aromatic carbocycles. The van der Waals surface area contributed by atoms with E-state index in [1.54, 1.807) is 37.2 Å². The van der Waals surface area contributed by atoms with Crippen LogP contribution in [0.2, 0.25) is 5.02 Å². The standard InChI is InChI=1S/C13H20ClN3O/c1-4-7-17(9-13(18)16(2)3)12-8-10(14)5-6-11(12)15/h5-6,8H,4,7,9,15H2,1-3H3. The van der Waals surface area contributed by atoms with E-state index >= 15 is 0 Å². The summed E-state index contributed by atoms with van der Waals surface area (Å²) < 4.78 is 0. The van der Waals surface area contributed by atoms with Gasteiger partial charge >= 0.3 is 0 Å². The van der Waals surface area contributed by atoms with Crippen molar-refractivity contribution in [2.24, 2.45) is 0 Å². The third kappa shape index (κ3) is 3.81. The fourth-order valence-corrected chi connectivity index (χ4v) is 1.82. The molecule has 100 valence electrons. The number of likely N-dealkylation sites (N-methyl/N-ethyl adjacent to an activating group) is 1. The number of nitrogen functional groups attached to an aromatic ring is 1. The molecule has 18 heavy (non-hydrogen) atoms. The van der Waals surface area contributed by atoms with Crippen LogP contribution in [0.3, 0.4) is 0 Å². The quantitative estimate of drug-likeness (QED) is 0.834. The largest absolute Gasteiger partial charge is 0.397 e. The Morgan fingerprint density at radius 3 is 2.61 bits per heavy atom. The van der Waals surface area contributed by atoms with Crippen LogP contribution in [0, 0.1) is 0 Å². The molecule has 0 unspecified atom stereocenters. The van der Waals surface area contributed by atoms with Crippen LogP contribution < -0.4 is 10.6 Å². The number of nitrogens with zero attached hydrogens (tertiary/aromatic N) is 2. The topological polar surface area (TPSA) is 49.6 Å². The lowest BCUT2D eigenvalue weighted by Gasteiger charge is -2.26. The van der Waals surface area contributed by atoms with E-state index in [4.69, 9.17) is 17.3 Å². The second-order valence-electron chi connectivity index (χ2n) is 4.41. The summed E-state index contributed by atoms with van der Waals surface area (Å²) in [6, 6.07) is 5.31. The third-order valence-electron chi connectivity index (χ3n) is 2.65. The summed E-state index contributed by atoms with van der Waals surface area (Å²) in [5, 5.41) is 0.623. The van der Waals surface area contributed by atoms with E-state index in [1.165, 1.54) is 0 Å². The first-order valence-electron chi connectivity index (χ1n) is 5.95. The third-order valence-corrected chi connectivity index (χ3v) is 2.89. The number of anilines is 2. The average molecular weight is 270 g/mol. The lowest BCUT2D eigenvalue weighted by molar-refractivity contribution is -0.127. The first-order chi connectivity index (χ1) is 8.45. The molecule has 0 saturated heterocycles. The zero-order valence-electron chi connectivity index (χ0n) is 11.1. The van der Waals surface area contributed by atoms with Crippen molar-refractivity contribution < 1.29 is 4.79 Å². The van der Waals surface area contributed by atoms with E-state index in [1.807, 2.05) is 4.90 Å². The van der Waals surface area contributed by atoms with E-state index in [2.05, 4.69) is 6.92 Å². The van der Waals surface area contributed by atoms with Crippen molar-refractivity contribution in [3.8, 4) is 0 Å². The number of rotatable bonds is 5. The first-order valence-corrected chi connectivity index (χ1v) is 6.33. The van der Waals surface area contributed by atoms with Crippen LogP contribution in [-0.4, -0.2) is 38.0 Å². The highest BCUT2D eigenvalue weighted by Crippen LogP contribution is 2.27. The molecular weight excluding hydrogens is 250 g/mol. The van der Waals surface area contributed by atoms with Gasteiger partial charge in [0.2, 0.25) is 5.91 Å². The van der Waals surface area contributed by atoms with E-state index in [9.17, 15) is 4.79 Å². The van der Waals surface area contributed by atoms with Gasteiger partial charge in [-0.3, -0.25) is 4.79 Å². The molecule has 0 aliphatic carbocycles. The molecule has 0 atom stereocenters. The predicted octanol–water partition coefficient (Wildman–Crippen LogP) is 2.23. The SMILES string of the molecule is CCCN(CC(=O)N(C)C)c1cc(Cl)ccc1N. The van der Waals surface area contributed by atoms with Gasteiger partial charge in [-0.25, -0.2) is 0 Å². The second-order valence-corrected chi connectivity index (χ2v) is 4.85. The highest BCUT2D eigenvalue weighted by atomic mass is 35.5. The number of hydrogen-bond donors (Lipinski definition) is 1. The van der Waals surface area contributed by atoms with Gasteiger partial charge in [0.1, 0.15) is 0 Å². The fourth-order valence-electron chi connectivity index (χ4n) is 1.65. The minimum Gasteiger partial charge on any atom is -0.397 e. The number of carbonyl (C=O) groups excluding carboxylic acids is 1. The van der Waals surface area contributed by atoms with Crippen molar-refractivity contribution in [3.05, 3.63) is 23.2 Å². The molecule has 5 heteroatoms. The molecule has 1 rings (SSSR count). The van der Waals surface area contributed by atoms with Crippen LogP contribution in [0.25, 0.3) is 0 Å². The summed E-state index contributed by atoms with van der Waals surface area (Å²) >= 11 is 5.98. The van der Waals surface area contributed by atoms with Crippen LogP contribution >= 0.6 is 11.6 Å². The smallest absolute Gasteiger partial charge is 0.241 e. The molecule has 0 saturated carbocycles. The highest BCUT2D eigenvalue weighted by molar-refractivity contribution is 6.31. The van der Waals surface area contributed by atoms with Gasteiger partial charge in [0.25, 0.3) is 0 Å². The Kier molecular flexibility index (Phi) is 5.28. The van der Waals surface area contributed by atoms with Gasteiger partial charge in [-0.15, -0.1) is 0 Å². The fraction of sp³-hybridized carbons (Fsp3) is 0.462. The average Bonchev–Trinajstić information content (AvgIpc) is 2.31. The molecule has 2 N–H and O–H groups in total. The zero-order chi connectivity index (χ0) is 13.7. The van der Waals surface area contributed by atoms with Crippen molar-refractivity contribution in [1.29, 1.82) is 0 Å². The molecular formula is C13H20ClN3O.